The Hall–Kier alpha value is 0.270. The van der Waals surface area contributed by atoms with Crippen molar-refractivity contribution >= 4 is 11.8 Å². The molecule has 0 bridgehead atoms. The molecule has 2 saturated heterocycles. The van der Waals surface area contributed by atoms with Gasteiger partial charge in [0, 0.05) is 30.3 Å². The van der Waals surface area contributed by atoms with Crippen molar-refractivity contribution in [2.45, 2.75) is 36.2 Å². The molecule has 2 aliphatic heterocycles. The van der Waals surface area contributed by atoms with Crippen LogP contribution in [0.1, 0.15) is 25.7 Å². The molecule has 2 fully saturated rings. The summed E-state index contributed by atoms with van der Waals surface area (Å²) in [6.07, 6.45) is 5.30. The summed E-state index contributed by atoms with van der Waals surface area (Å²) in [6, 6.07) is 0. The lowest BCUT2D eigenvalue weighted by atomic mass is 10.2. The van der Waals surface area contributed by atoms with Gasteiger partial charge < -0.3 is 10.1 Å². The highest BCUT2D eigenvalue weighted by molar-refractivity contribution is 8.00. The minimum atomic E-state index is 0.872. The highest BCUT2D eigenvalue weighted by atomic mass is 32.2. The van der Waals surface area contributed by atoms with Crippen LogP contribution in [0.2, 0.25) is 0 Å². The molecular formula is C10H19NOS. The quantitative estimate of drug-likeness (QED) is 0.734. The first kappa shape index (κ1) is 9.81. The van der Waals surface area contributed by atoms with Crippen LogP contribution >= 0.6 is 11.8 Å². The summed E-state index contributed by atoms with van der Waals surface area (Å²) in [6.45, 7) is 4.42. The SMILES string of the molecule is C1CNCC(SC2CCOCC2)C1. The van der Waals surface area contributed by atoms with Gasteiger partial charge in [-0.2, -0.15) is 11.8 Å². The van der Waals surface area contributed by atoms with Gasteiger partial charge in [-0.25, -0.2) is 0 Å². The molecule has 2 aliphatic rings. The lowest BCUT2D eigenvalue weighted by molar-refractivity contribution is 0.0999. The molecule has 0 aromatic rings. The Morgan fingerprint density at radius 1 is 1.08 bits per heavy atom. The van der Waals surface area contributed by atoms with Crippen LogP contribution in [0.4, 0.5) is 0 Å². The maximum Gasteiger partial charge on any atom is 0.0476 e. The molecule has 2 heterocycles. The molecule has 0 aromatic carbocycles. The molecule has 2 rings (SSSR count). The van der Waals surface area contributed by atoms with Gasteiger partial charge in [-0.1, -0.05) is 0 Å². The number of hydrogen-bond donors (Lipinski definition) is 1. The van der Waals surface area contributed by atoms with Crippen molar-refractivity contribution in [3.63, 3.8) is 0 Å². The van der Waals surface area contributed by atoms with E-state index in [9.17, 15) is 0 Å². The van der Waals surface area contributed by atoms with E-state index in [2.05, 4.69) is 17.1 Å². The summed E-state index contributed by atoms with van der Waals surface area (Å²) in [4.78, 5) is 0. The van der Waals surface area contributed by atoms with Crippen LogP contribution < -0.4 is 5.32 Å². The maximum atomic E-state index is 5.36. The second-order valence-corrected chi connectivity index (χ2v) is 5.52. The maximum absolute atomic E-state index is 5.36. The van der Waals surface area contributed by atoms with Gasteiger partial charge in [0.1, 0.15) is 0 Å². The van der Waals surface area contributed by atoms with Crippen molar-refractivity contribution in [2.24, 2.45) is 0 Å². The standard InChI is InChI=1S/C10H19NOS/c1-2-10(8-11-5-1)13-9-3-6-12-7-4-9/h9-11H,1-8H2. The van der Waals surface area contributed by atoms with Crippen LogP contribution in [-0.4, -0.2) is 36.8 Å². The Kier molecular flexibility index (Phi) is 3.94. The highest BCUT2D eigenvalue weighted by Gasteiger charge is 2.20. The first-order valence-electron chi connectivity index (χ1n) is 5.39. The van der Waals surface area contributed by atoms with E-state index in [-0.39, 0.29) is 0 Å². The van der Waals surface area contributed by atoms with Crippen LogP contribution in [0, 0.1) is 0 Å². The van der Waals surface area contributed by atoms with Crippen molar-refractivity contribution in [2.75, 3.05) is 26.3 Å². The molecule has 1 unspecified atom stereocenters. The highest BCUT2D eigenvalue weighted by Crippen LogP contribution is 2.29. The molecule has 2 nitrogen and oxygen atoms in total. The van der Waals surface area contributed by atoms with Crippen molar-refractivity contribution in [3.8, 4) is 0 Å². The van der Waals surface area contributed by atoms with Gasteiger partial charge in [-0.3, -0.25) is 0 Å². The van der Waals surface area contributed by atoms with Gasteiger partial charge >= 0.3 is 0 Å². The van der Waals surface area contributed by atoms with Gasteiger partial charge in [-0.05, 0) is 32.2 Å². The van der Waals surface area contributed by atoms with E-state index in [0.717, 1.165) is 23.7 Å². The fourth-order valence-corrected chi connectivity index (χ4v) is 3.55. The summed E-state index contributed by atoms with van der Waals surface area (Å²) in [5.74, 6) is 0. The van der Waals surface area contributed by atoms with Crippen LogP contribution in [0.25, 0.3) is 0 Å². The molecule has 0 saturated carbocycles. The fourth-order valence-electron chi connectivity index (χ4n) is 2.02. The molecule has 0 aliphatic carbocycles. The van der Waals surface area contributed by atoms with Gasteiger partial charge in [0.15, 0.2) is 0 Å². The van der Waals surface area contributed by atoms with E-state index in [1.807, 2.05) is 0 Å². The van der Waals surface area contributed by atoms with Gasteiger partial charge in [-0.15, -0.1) is 0 Å². The van der Waals surface area contributed by atoms with Gasteiger partial charge in [0.05, 0.1) is 0 Å². The Morgan fingerprint density at radius 3 is 2.62 bits per heavy atom. The summed E-state index contributed by atoms with van der Waals surface area (Å²) < 4.78 is 5.36. The van der Waals surface area contributed by atoms with E-state index in [4.69, 9.17) is 4.74 Å². The topological polar surface area (TPSA) is 21.3 Å². The number of rotatable bonds is 2. The molecule has 0 radical (unpaired) electrons. The van der Waals surface area contributed by atoms with E-state index >= 15 is 0 Å². The monoisotopic (exact) mass is 201 g/mol. The summed E-state index contributed by atoms with van der Waals surface area (Å²) in [7, 11) is 0. The minimum absolute atomic E-state index is 0.872. The van der Waals surface area contributed by atoms with Crippen molar-refractivity contribution in [1.29, 1.82) is 0 Å². The third-order valence-corrected chi connectivity index (χ3v) is 4.45. The van der Waals surface area contributed by atoms with Crippen molar-refractivity contribution < 1.29 is 4.74 Å². The summed E-state index contributed by atoms with van der Waals surface area (Å²) in [5, 5.41) is 5.22. The second kappa shape index (κ2) is 5.23. The smallest absolute Gasteiger partial charge is 0.0476 e. The number of ether oxygens (including phenoxy) is 1. The van der Waals surface area contributed by atoms with Gasteiger partial charge in [0.2, 0.25) is 0 Å². The molecule has 0 amide bonds. The summed E-state index contributed by atoms with van der Waals surface area (Å²) >= 11 is 2.20. The normalized spacial score (nSPS) is 31.8. The zero-order valence-electron chi connectivity index (χ0n) is 8.13. The lowest BCUT2D eigenvalue weighted by Crippen LogP contribution is -2.33. The first-order chi connectivity index (χ1) is 6.45. The molecule has 13 heavy (non-hydrogen) atoms. The molecular weight excluding hydrogens is 182 g/mol. The van der Waals surface area contributed by atoms with Gasteiger partial charge in [0.25, 0.3) is 0 Å². The van der Waals surface area contributed by atoms with Crippen molar-refractivity contribution in [3.05, 3.63) is 0 Å². The number of nitrogens with one attached hydrogen (secondary N) is 1. The molecule has 0 spiro atoms. The van der Waals surface area contributed by atoms with E-state index in [0.29, 0.717) is 0 Å². The fraction of sp³-hybridized carbons (Fsp3) is 1.00. The number of thioether (sulfide) groups is 1. The third kappa shape index (κ3) is 3.15. The largest absolute Gasteiger partial charge is 0.381 e. The molecule has 1 N–H and O–H groups in total. The van der Waals surface area contributed by atoms with E-state index < -0.39 is 0 Å². The minimum Gasteiger partial charge on any atom is -0.381 e. The Bertz CT molecular complexity index is 126. The zero-order valence-corrected chi connectivity index (χ0v) is 8.94. The molecule has 76 valence electrons. The zero-order chi connectivity index (χ0) is 8.93. The number of hydrogen-bond acceptors (Lipinski definition) is 3. The molecule has 3 heteroatoms. The lowest BCUT2D eigenvalue weighted by Gasteiger charge is -2.28. The first-order valence-corrected chi connectivity index (χ1v) is 6.33. The predicted molar refractivity (Wildman–Crippen MR) is 57.3 cm³/mol. The Balaban J connectivity index is 1.69. The van der Waals surface area contributed by atoms with Crippen LogP contribution in [0.3, 0.4) is 0 Å². The van der Waals surface area contributed by atoms with Crippen molar-refractivity contribution in [1.82, 2.24) is 5.32 Å². The van der Waals surface area contributed by atoms with E-state index in [1.54, 1.807) is 0 Å². The Morgan fingerprint density at radius 2 is 1.92 bits per heavy atom. The average Bonchev–Trinajstić information content (AvgIpc) is 2.21. The Labute approximate surface area is 84.8 Å². The number of piperidine rings is 1. The predicted octanol–water partition coefficient (Wildman–Crippen LogP) is 1.65. The van der Waals surface area contributed by atoms with E-state index in [1.165, 1.54) is 38.8 Å². The van der Waals surface area contributed by atoms with Crippen LogP contribution in [-0.2, 0) is 4.74 Å². The second-order valence-electron chi connectivity index (χ2n) is 3.92. The van der Waals surface area contributed by atoms with Crippen LogP contribution in [0.5, 0.6) is 0 Å². The summed E-state index contributed by atoms with van der Waals surface area (Å²) in [5.41, 5.74) is 0. The third-order valence-electron chi connectivity index (χ3n) is 2.80. The average molecular weight is 201 g/mol. The van der Waals surface area contributed by atoms with Crippen LogP contribution in [0.15, 0.2) is 0 Å². The molecule has 0 aromatic heterocycles. The molecule has 1 atom stereocenters.